The number of urea groups is 1. The van der Waals surface area contributed by atoms with Crippen molar-refractivity contribution < 1.29 is 28.8 Å². The molecule has 0 radical (unpaired) electrons. The van der Waals surface area contributed by atoms with E-state index in [0.29, 0.717) is 0 Å². The van der Waals surface area contributed by atoms with Gasteiger partial charge in [0.05, 0.1) is 11.3 Å². The van der Waals surface area contributed by atoms with Gasteiger partial charge in [-0.15, -0.1) is 6.58 Å². The summed E-state index contributed by atoms with van der Waals surface area (Å²) in [4.78, 5) is 58.2. The summed E-state index contributed by atoms with van der Waals surface area (Å²) < 4.78 is 5.11. The minimum atomic E-state index is -1.68. The number of amides is 4. The van der Waals surface area contributed by atoms with Crippen LogP contribution in [0.4, 0.5) is 10.5 Å². The standard InChI is InChI=1S/C17H17N3O7/c1-3-8-17(14(22)18-16(24)19-15(17)23)10(2)9-13(21)27-12-6-4-11(5-7-12)20(25)26/h3-7,10H,1,8-9H2,2H3,(H2,18,19,22,23,24). The zero-order chi connectivity index (χ0) is 20.2. The lowest BCUT2D eigenvalue weighted by Crippen LogP contribution is -2.64. The van der Waals surface area contributed by atoms with Gasteiger partial charge in [-0.2, -0.15) is 0 Å². The molecule has 4 amide bonds. The van der Waals surface area contributed by atoms with Gasteiger partial charge in [-0.1, -0.05) is 13.0 Å². The molecule has 1 atom stereocenters. The molecule has 1 aliphatic rings. The van der Waals surface area contributed by atoms with Gasteiger partial charge in [0.2, 0.25) is 11.8 Å². The minimum Gasteiger partial charge on any atom is -0.427 e. The van der Waals surface area contributed by atoms with E-state index in [1.807, 2.05) is 10.6 Å². The van der Waals surface area contributed by atoms with Crippen LogP contribution in [0.5, 0.6) is 5.75 Å². The van der Waals surface area contributed by atoms with E-state index in [-0.39, 0.29) is 24.3 Å². The van der Waals surface area contributed by atoms with E-state index in [1.165, 1.54) is 37.3 Å². The summed E-state index contributed by atoms with van der Waals surface area (Å²) in [5.41, 5.74) is -1.84. The molecule has 1 unspecified atom stereocenters. The van der Waals surface area contributed by atoms with Crippen molar-refractivity contribution in [2.75, 3.05) is 0 Å². The molecule has 2 rings (SSSR count). The largest absolute Gasteiger partial charge is 0.427 e. The molecule has 142 valence electrons. The van der Waals surface area contributed by atoms with Crippen molar-refractivity contribution in [2.24, 2.45) is 11.3 Å². The van der Waals surface area contributed by atoms with Crippen molar-refractivity contribution in [1.82, 2.24) is 10.6 Å². The third kappa shape index (κ3) is 4.00. The Bertz CT molecular complexity index is 796. The third-order valence-corrected chi connectivity index (χ3v) is 4.32. The van der Waals surface area contributed by atoms with Crippen molar-refractivity contribution in [3.8, 4) is 5.75 Å². The zero-order valence-corrected chi connectivity index (χ0v) is 14.4. The Kier molecular flexibility index (Phi) is 5.69. The third-order valence-electron chi connectivity index (χ3n) is 4.32. The van der Waals surface area contributed by atoms with Crippen LogP contribution in [0.3, 0.4) is 0 Å². The second-order valence-corrected chi connectivity index (χ2v) is 6.03. The Balaban J connectivity index is 2.13. The summed E-state index contributed by atoms with van der Waals surface area (Å²) in [6, 6.07) is 3.96. The number of benzene rings is 1. The van der Waals surface area contributed by atoms with Gasteiger partial charge in [-0.3, -0.25) is 35.1 Å². The lowest BCUT2D eigenvalue weighted by molar-refractivity contribution is -0.384. The first-order chi connectivity index (χ1) is 12.7. The fraction of sp³-hybridized carbons (Fsp3) is 0.294. The molecular weight excluding hydrogens is 358 g/mol. The Morgan fingerprint density at radius 1 is 1.26 bits per heavy atom. The number of barbiturate groups is 1. The van der Waals surface area contributed by atoms with E-state index in [4.69, 9.17) is 4.74 Å². The first-order valence-corrected chi connectivity index (χ1v) is 7.93. The molecule has 1 aromatic rings. The van der Waals surface area contributed by atoms with Crippen molar-refractivity contribution in [3.05, 3.63) is 47.0 Å². The highest BCUT2D eigenvalue weighted by molar-refractivity contribution is 6.19. The van der Waals surface area contributed by atoms with Crippen LogP contribution in [-0.4, -0.2) is 28.7 Å². The van der Waals surface area contributed by atoms with Gasteiger partial charge in [0.15, 0.2) is 0 Å². The summed E-state index contributed by atoms with van der Waals surface area (Å²) in [6.07, 6.45) is 0.969. The molecule has 0 saturated carbocycles. The van der Waals surface area contributed by atoms with Crippen LogP contribution in [-0.2, 0) is 14.4 Å². The quantitative estimate of drug-likeness (QED) is 0.183. The average molecular weight is 375 g/mol. The molecule has 1 heterocycles. The molecule has 1 aromatic carbocycles. The van der Waals surface area contributed by atoms with E-state index >= 15 is 0 Å². The summed E-state index contributed by atoms with van der Waals surface area (Å²) in [6.45, 7) is 5.03. The number of rotatable bonds is 7. The molecule has 2 N–H and O–H groups in total. The molecule has 0 spiro atoms. The molecule has 0 aromatic heterocycles. The molecule has 1 aliphatic heterocycles. The van der Waals surface area contributed by atoms with E-state index in [9.17, 15) is 29.3 Å². The SMILES string of the molecule is C=CCC1(C(C)CC(=O)Oc2ccc([N+](=O)[O-])cc2)C(=O)NC(=O)NC1=O. The topological polar surface area (TPSA) is 145 Å². The van der Waals surface area contributed by atoms with Crippen LogP contribution in [0.25, 0.3) is 0 Å². The number of imide groups is 2. The molecule has 1 saturated heterocycles. The Morgan fingerprint density at radius 2 is 1.81 bits per heavy atom. The lowest BCUT2D eigenvalue weighted by Gasteiger charge is -2.37. The fourth-order valence-electron chi connectivity index (χ4n) is 2.86. The first-order valence-electron chi connectivity index (χ1n) is 7.93. The molecular formula is C17H17N3O7. The van der Waals surface area contributed by atoms with Gasteiger partial charge >= 0.3 is 12.0 Å². The summed E-state index contributed by atoms with van der Waals surface area (Å²) in [7, 11) is 0. The molecule has 10 nitrogen and oxygen atoms in total. The highest BCUT2D eigenvalue weighted by Gasteiger charge is 2.53. The second-order valence-electron chi connectivity index (χ2n) is 6.03. The molecule has 27 heavy (non-hydrogen) atoms. The van der Waals surface area contributed by atoms with Gasteiger partial charge in [0.25, 0.3) is 5.69 Å². The second kappa shape index (κ2) is 7.77. The number of hydrogen-bond acceptors (Lipinski definition) is 7. The van der Waals surface area contributed by atoms with Crippen LogP contribution in [0, 0.1) is 21.4 Å². The molecule has 10 heteroatoms. The molecule has 0 bridgehead atoms. The molecule has 1 fully saturated rings. The van der Waals surface area contributed by atoms with Crippen molar-refractivity contribution in [1.29, 1.82) is 0 Å². The van der Waals surface area contributed by atoms with Gasteiger partial charge in [-0.05, 0) is 24.5 Å². The van der Waals surface area contributed by atoms with Gasteiger partial charge < -0.3 is 4.74 Å². The van der Waals surface area contributed by atoms with Gasteiger partial charge in [0.1, 0.15) is 11.2 Å². The van der Waals surface area contributed by atoms with E-state index < -0.39 is 40.1 Å². The van der Waals surface area contributed by atoms with Crippen LogP contribution in [0.1, 0.15) is 19.8 Å². The number of carbonyl (C=O) groups is 4. The number of nitro benzene ring substituents is 1. The zero-order valence-electron chi connectivity index (χ0n) is 14.4. The van der Waals surface area contributed by atoms with Crippen LogP contribution in [0.15, 0.2) is 36.9 Å². The van der Waals surface area contributed by atoms with Gasteiger partial charge in [-0.25, -0.2) is 4.79 Å². The number of nitrogens with zero attached hydrogens (tertiary/aromatic N) is 1. The first kappa shape index (κ1) is 19.8. The predicted octanol–water partition coefficient (Wildman–Crippen LogP) is 1.45. The lowest BCUT2D eigenvalue weighted by atomic mass is 9.70. The minimum absolute atomic E-state index is 0.0794. The maximum atomic E-state index is 12.4. The summed E-state index contributed by atoms with van der Waals surface area (Å²) >= 11 is 0. The average Bonchev–Trinajstić information content (AvgIpc) is 2.58. The molecule has 0 aliphatic carbocycles. The number of carbonyl (C=O) groups excluding carboxylic acids is 4. The van der Waals surface area contributed by atoms with Gasteiger partial charge in [0, 0.05) is 12.1 Å². The number of allylic oxidation sites excluding steroid dienone is 1. The summed E-state index contributed by atoms with van der Waals surface area (Å²) in [5.74, 6) is -3.09. The number of non-ortho nitro benzene ring substituents is 1. The van der Waals surface area contributed by atoms with Crippen LogP contribution >= 0.6 is 0 Å². The Morgan fingerprint density at radius 3 is 2.30 bits per heavy atom. The van der Waals surface area contributed by atoms with E-state index in [0.717, 1.165) is 0 Å². The predicted molar refractivity (Wildman–Crippen MR) is 91.4 cm³/mol. The number of nitrogens with one attached hydrogen (secondary N) is 2. The van der Waals surface area contributed by atoms with Crippen molar-refractivity contribution >= 4 is 29.5 Å². The monoisotopic (exact) mass is 375 g/mol. The number of nitro groups is 1. The number of esters is 1. The van der Waals surface area contributed by atoms with Crippen LogP contribution < -0.4 is 15.4 Å². The smallest absolute Gasteiger partial charge is 0.328 e. The van der Waals surface area contributed by atoms with Crippen molar-refractivity contribution in [2.45, 2.75) is 19.8 Å². The Labute approximate surface area is 153 Å². The fourth-order valence-corrected chi connectivity index (χ4v) is 2.86. The van der Waals surface area contributed by atoms with E-state index in [1.54, 1.807) is 0 Å². The Hall–Kier alpha value is -3.56. The summed E-state index contributed by atoms with van der Waals surface area (Å²) in [5, 5.41) is 14.7. The maximum Gasteiger partial charge on any atom is 0.328 e. The maximum absolute atomic E-state index is 12.4. The normalized spacial score (nSPS) is 16.7. The highest BCUT2D eigenvalue weighted by atomic mass is 16.6. The highest BCUT2D eigenvalue weighted by Crippen LogP contribution is 2.37. The van der Waals surface area contributed by atoms with Crippen LogP contribution in [0.2, 0.25) is 0 Å². The number of ether oxygens (including phenoxy) is 1. The van der Waals surface area contributed by atoms with E-state index in [2.05, 4.69) is 6.58 Å². The number of hydrogen-bond donors (Lipinski definition) is 2. The van der Waals surface area contributed by atoms with Crippen molar-refractivity contribution in [3.63, 3.8) is 0 Å².